The Balaban J connectivity index is 1.53. The van der Waals surface area contributed by atoms with Crippen molar-refractivity contribution in [2.24, 2.45) is 0 Å². The summed E-state index contributed by atoms with van der Waals surface area (Å²) in [5.74, 6) is 0.665. The van der Waals surface area contributed by atoms with Crippen molar-refractivity contribution in [3.8, 4) is 22.8 Å². The largest absolute Gasteiger partial charge is 0.507 e. The van der Waals surface area contributed by atoms with Crippen molar-refractivity contribution in [2.75, 3.05) is 11.9 Å². The second-order valence-corrected chi connectivity index (χ2v) is 8.90. The Labute approximate surface area is 205 Å². The molecule has 1 atom stereocenters. The number of rotatable bonds is 8. The monoisotopic (exact) mass is 476 g/mol. The molecule has 8 heteroatoms. The van der Waals surface area contributed by atoms with Crippen LogP contribution in [0.4, 0.5) is 10.5 Å². The predicted octanol–water partition coefficient (Wildman–Crippen LogP) is 5.53. The number of hydrogen-bond acceptors (Lipinski definition) is 5. The molecular formula is C27H32N4O4. The molecule has 1 aliphatic carbocycles. The second-order valence-electron chi connectivity index (χ2n) is 8.90. The second kappa shape index (κ2) is 10.6. The number of carbonyl (C=O) groups excluding carboxylic acids is 2. The van der Waals surface area contributed by atoms with Gasteiger partial charge in [0, 0.05) is 34.8 Å². The zero-order valence-electron chi connectivity index (χ0n) is 20.4. The van der Waals surface area contributed by atoms with Crippen molar-refractivity contribution in [2.45, 2.75) is 58.4 Å². The molecule has 2 amide bonds. The zero-order valence-corrected chi connectivity index (χ0v) is 20.4. The SMILES string of the molecule is CCOc1ccc(C(=O)Nc2ccc(-c3cc(C4CCC4)n(C(=O)NC(C)CC)n3)c(O)c2)cc1. The van der Waals surface area contributed by atoms with Crippen LogP contribution in [-0.2, 0) is 0 Å². The van der Waals surface area contributed by atoms with Crippen LogP contribution in [0.1, 0.15) is 68.4 Å². The molecule has 2 aromatic carbocycles. The third kappa shape index (κ3) is 5.48. The normalized spacial score (nSPS) is 14.1. The van der Waals surface area contributed by atoms with Crippen molar-refractivity contribution in [1.82, 2.24) is 15.1 Å². The van der Waals surface area contributed by atoms with E-state index in [9.17, 15) is 14.7 Å². The lowest BCUT2D eigenvalue weighted by molar-refractivity contribution is 0.102. The maximum Gasteiger partial charge on any atom is 0.342 e. The fourth-order valence-corrected chi connectivity index (χ4v) is 3.96. The van der Waals surface area contributed by atoms with Gasteiger partial charge in [-0.2, -0.15) is 9.78 Å². The van der Waals surface area contributed by atoms with Crippen LogP contribution in [0.25, 0.3) is 11.3 Å². The van der Waals surface area contributed by atoms with Crippen LogP contribution in [0, 0.1) is 0 Å². The van der Waals surface area contributed by atoms with E-state index in [1.54, 1.807) is 36.4 Å². The Morgan fingerprint density at radius 3 is 2.49 bits per heavy atom. The van der Waals surface area contributed by atoms with E-state index < -0.39 is 0 Å². The maximum absolute atomic E-state index is 12.8. The molecule has 1 unspecified atom stereocenters. The molecule has 1 aliphatic rings. The number of hydrogen-bond donors (Lipinski definition) is 3. The van der Waals surface area contributed by atoms with Crippen molar-refractivity contribution >= 4 is 17.6 Å². The van der Waals surface area contributed by atoms with Gasteiger partial charge in [-0.05, 0) is 75.6 Å². The molecule has 0 aliphatic heterocycles. The molecule has 0 saturated heterocycles. The number of phenolic OH excluding ortho intramolecular Hbond substituents is 1. The van der Waals surface area contributed by atoms with E-state index in [2.05, 4.69) is 15.7 Å². The van der Waals surface area contributed by atoms with Gasteiger partial charge in [-0.25, -0.2) is 4.79 Å². The molecule has 1 heterocycles. The lowest BCUT2D eigenvalue weighted by atomic mass is 9.82. The summed E-state index contributed by atoms with van der Waals surface area (Å²) in [6, 6.07) is 13.4. The highest BCUT2D eigenvalue weighted by molar-refractivity contribution is 6.04. The van der Waals surface area contributed by atoms with Crippen LogP contribution in [0.2, 0.25) is 0 Å². The molecule has 0 spiro atoms. The smallest absolute Gasteiger partial charge is 0.342 e. The van der Waals surface area contributed by atoms with Crippen molar-refractivity contribution in [3.05, 3.63) is 59.8 Å². The number of nitrogens with one attached hydrogen (secondary N) is 2. The highest BCUT2D eigenvalue weighted by Crippen LogP contribution is 2.39. The molecule has 1 saturated carbocycles. The number of benzene rings is 2. The van der Waals surface area contributed by atoms with Gasteiger partial charge >= 0.3 is 6.03 Å². The van der Waals surface area contributed by atoms with Crippen LogP contribution in [0.5, 0.6) is 11.5 Å². The number of nitrogens with zero attached hydrogens (tertiary/aromatic N) is 2. The summed E-state index contributed by atoms with van der Waals surface area (Å²) in [5, 5.41) is 21.0. The summed E-state index contributed by atoms with van der Waals surface area (Å²) in [6.07, 6.45) is 3.99. The molecule has 4 rings (SSSR count). The van der Waals surface area contributed by atoms with Crippen molar-refractivity contribution in [3.63, 3.8) is 0 Å². The van der Waals surface area contributed by atoms with Crippen LogP contribution < -0.4 is 15.4 Å². The molecule has 3 aromatic rings. The quantitative estimate of drug-likeness (QED) is 0.396. The van der Waals surface area contributed by atoms with E-state index in [0.29, 0.717) is 34.9 Å². The van der Waals surface area contributed by atoms with Crippen molar-refractivity contribution < 1.29 is 19.4 Å². The summed E-state index contributed by atoms with van der Waals surface area (Å²) < 4.78 is 6.84. The highest BCUT2D eigenvalue weighted by Gasteiger charge is 2.28. The molecule has 0 radical (unpaired) electrons. The lowest BCUT2D eigenvalue weighted by Gasteiger charge is -2.25. The third-order valence-electron chi connectivity index (χ3n) is 6.39. The number of aromatic hydroxyl groups is 1. The van der Waals surface area contributed by atoms with E-state index in [4.69, 9.17) is 4.74 Å². The minimum absolute atomic E-state index is 0.0263. The van der Waals surface area contributed by atoms with Gasteiger partial charge in [0.2, 0.25) is 0 Å². The number of ether oxygens (including phenoxy) is 1. The van der Waals surface area contributed by atoms with Crippen LogP contribution >= 0.6 is 0 Å². The molecule has 35 heavy (non-hydrogen) atoms. The number of phenols is 1. The van der Waals surface area contributed by atoms with E-state index in [1.165, 1.54) is 10.7 Å². The number of amides is 2. The molecule has 184 valence electrons. The number of aromatic nitrogens is 2. The summed E-state index contributed by atoms with van der Waals surface area (Å²) in [4.78, 5) is 25.5. The van der Waals surface area contributed by atoms with Gasteiger partial charge in [-0.15, -0.1) is 0 Å². The van der Waals surface area contributed by atoms with Gasteiger partial charge in [-0.1, -0.05) is 13.3 Å². The van der Waals surface area contributed by atoms with Crippen LogP contribution in [0.3, 0.4) is 0 Å². The van der Waals surface area contributed by atoms with E-state index in [0.717, 1.165) is 31.4 Å². The fraction of sp³-hybridized carbons (Fsp3) is 0.370. The molecule has 8 nitrogen and oxygen atoms in total. The topological polar surface area (TPSA) is 105 Å². The van der Waals surface area contributed by atoms with Gasteiger partial charge in [0.25, 0.3) is 5.91 Å². The molecule has 1 aromatic heterocycles. The fourth-order valence-electron chi connectivity index (χ4n) is 3.96. The minimum atomic E-state index is -0.293. The first-order chi connectivity index (χ1) is 16.9. The highest BCUT2D eigenvalue weighted by atomic mass is 16.5. The molecular weight excluding hydrogens is 444 g/mol. The Hall–Kier alpha value is -3.81. The Kier molecular flexibility index (Phi) is 7.39. The summed E-state index contributed by atoms with van der Waals surface area (Å²) in [7, 11) is 0. The summed E-state index contributed by atoms with van der Waals surface area (Å²) >= 11 is 0. The van der Waals surface area contributed by atoms with E-state index in [-0.39, 0.29) is 29.6 Å². The van der Waals surface area contributed by atoms with E-state index >= 15 is 0 Å². The Morgan fingerprint density at radius 1 is 1.14 bits per heavy atom. The first-order valence-electron chi connectivity index (χ1n) is 12.2. The Bertz CT molecular complexity index is 1200. The minimum Gasteiger partial charge on any atom is -0.507 e. The predicted molar refractivity (Wildman–Crippen MR) is 135 cm³/mol. The molecule has 3 N–H and O–H groups in total. The van der Waals surface area contributed by atoms with Crippen LogP contribution in [0.15, 0.2) is 48.5 Å². The first kappa shape index (κ1) is 24.3. The number of carbonyl (C=O) groups is 2. The van der Waals surface area contributed by atoms with Gasteiger partial charge in [0.15, 0.2) is 0 Å². The lowest BCUT2D eigenvalue weighted by Crippen LogP contribution is -2.37. The third-order valence-corrected chi connectivity index (χ3v) is 6.39. The van der Waals surface area contributed by atoms with Gasteiger partial charge in [-0.3, -0.25) is 4.79 Å². The Morgan fingerprint density at radius 2 is 1.89 bits per heavy atom. The van der Waals surface area contributed by atoms with Gasteiger partial charge in [0.05, 0.1) is 18.0 Å². The van der Waals surface area contributed by atoms with Gasteiger partial charge < -0.3 is 20.5 Å². The zero-order chi connectivity index (χ0) is 24.9. The summed E-state index contributed by atoms with van der Waals surface area (Å²) in [6.45, 7) is 6.43. The van der Waals surface area contributed by atoms with Gasteiger partial charge in [0.1, 0.15) is 11.5 Å². The average molecular weight is 477 g/mol. The molecule has 1 fully saturated rings. The average Bonchev–Trinajstić information content (AvgIpc) is 3.23. The standard InChI is InChI=1S/C27H32N4O4/c1-4-17(3)28-27(34)31-24(18-7-6-8-18)16-23(30-31)22-14-11-20(15-25(22)32)29-26(33)19-9-12-21(13-10-19)35-5-2/h9-18,32H,4-8H2,1-3H3,(H,28,34)(H,29,33). The summed E-state index contributed by atoms with van der Waals surface area (Å²) in [5.41, 5.74) is 2.82. The van der Waals surface area contributed by atoms with Crippen LogP contribution in [-0.4, -0.2) is 39.5 Å². The first-order valence-corrected chi connectivity index (χ1v) is 12.2. The number of anilines is 1. The van der Waals surface area contributed by atoms with Crippen molar-refractivity contribution in [1.29, 1.82) is 0 Å². The molecule has 0 bridgehead atoms. The maximum atomic E-state index is 12.8. The van der Waals surface area contributed by atoms with E-state index in [1.807, 2.05) is 26.8 Å².